The van der Waals surface area contributed by atoms with Gasteiger partial charge in [-0.25, -0.2) is 0 Å². The number of carbonyl (C=O) groups excluding carboxylic acids is 2. The van der Waals surface area contributed by atoms with Gasteiger partial charge >= 0.3 is 0 Å². The highest BCUT2D eigenvalue weighted by Gasteiger charge is 2.43. The minimum absolute atomic E-state index is 0.131. The quantitative estimate of drug-likeness (QED) is 0.834. The van der Waals surface area contributed by atoms with Crippen LogP contribution in [-0.2, 0) is 22.4 Å². The molecule has 1 aliphatic heterocycles. The molecule has 2 aliphatic carbocycles. The van der Waals surface area contributed by atoms with Crippen molar-refractivity contribution >= 4 is 11.8 Å². The lowest BCUT2D eigenvalue weighted by Gasteiger charge is -2.31. The van der Waals surface area contributed by atoms with Gasteiger partial charge in [-0.05, 0) is 43.2 Å². The molecule has 4 nitrogen and oxygen atoms in total. The highest BCUT2D eigenvalue weighted by atomic mass is 16.2. The van der Waals surface area contributed by atoms with Crippen LogP contribution in [0.1, 0.15) is 43.7 Å². The van der Waals surface area contributed by atoms with E-state index in [9.17, 15) is 9.59 Å². The summed E-state index contributed by atoms with van der Waals surface area (Å²) in [7, 11) is 0. The van der Waals surface area contributed by atoms with Crippen molar-refractivity contribution in [1.82, 2.24) is 9.80 Å². The second kappa shape index (κ2) is 6.23. The monoisotopic (exact) mass is 326 g/mol. The van der Waals surface area contributed by atoms with Gasteiger partial charge in [0.15, 0.2) is 0 Å². The molecule has 1 saturated carbocycles. The van der Waals surface area contributed by atoms with E-state index in [0.29, 0.717) is 19.0 Å². The van der Waals surface area contributed by atoms with E-state index in [2.05, 4.69) is 36.1 Å². The summed E-state index contributed by atoms with van der Waals surface area (Å²) in [6.07, 6.45) is 5.51. The van der Waals surface area contributed by atoms with Crippen LogP contribution in [0.2, 0.25) is 0 Å². The van der Waals surface area contributed by atoms with Gasteiger partial charge in [0.05, 0.1) is 5.92 Å². The summed E-state index contributed by atoms with van der Waals surface area (Å²) in [5.41, 5.74) is 2.75. The van der Waals surface area contributed by atoms with E-state index in [1.165, 1.54) is 11.1 Å². The van der Waals surface area contributed by atoms with Crippen LogP contribution in [0.25, 0.3) is 0 Å². The average molecular weight is 326 g/mol. The molecule has 3 aliphatic rings. The molecule has 0 radical (unpaired) electrons. The average Bonchev–Trinajstić information content (AvgIpc) is 3.21. The molecule has 1 heterocycles. The lowest BCUT2D eigenvalue weighted by atomic mass is 10.0. The lowest BCUT2D eigenvalue weighted by Crippen LogP contribution is -2.45. The third-order valence-corrected chi connectivity index (χ3v) is 5.71. The van der Waals surface area contributed by atoms with Gasteiger partial charge in [0.25, 0.3) is 0 Å². The zero-order valence-electron chi connectivity index (χ0n) is 14.4. The van der Waals surface area contributed by atoms with E-state index in [0.717, 1.165) is 38.6 Å². The number of hydrogen-bond acceptors (Lipinski definition) is 2. The molecule has 0 spiro atoms. The Hall–Kier alpha value is -1.84. The molecule has 2 amide bonds. The Balaban J connectivity index is 1.47. The molecular formula is C20H26N2O2. The maximum Gasteiger partial charge on any atom is 0.228 e. The molecule has 1 atom stereocenters. The highest BCUT2D eigenvalue weighted by molar-refractivity contribution is 5.89. The van der Waals surface area contributed by atoms with Gasteiger partial charge < -0.3 is 9.80 Å². The van der Waals surface area contributed by atoms with Crippen molar-refractivity contribution in [3.05, 3.63) is 35.4 Å². The Kier molecular flexibility index (Phi) is 4.07. The van der Waals surface area contributed by atoms with E-state index in [1.54, 1.807) is 0 Å². The van der Waals surface area contributed by atoms with Crippen molar-refractivity contribution in [3.8, 4) is 0 Å². The van der Waals surface area contributed by atoms with Crippen LogP contribution in [0, 0.1) is 5.92 Å². The first-order chi connectivity index (χ1) is 11.7. The zero-order valence-corrected chi connectivity index (χ0v) is 14.4. The number of nitrogens with zero attached hydrogens (tertiary/aromatic N) is 2. The van der Waals surface area contributed by atoms with Crippen LogP contribution in [0.5, 0.6) is 0 Å². The summed E-state index contributed by atoms with van der Waals surface area (Å²) in [6, 6.07) is 9.20. The lowest BCUT2D eigenvalue weighted by molar-refractivity contribution is -0.138. The molecule has 1 saturated heterocycles. The molecule has 4 rings (SSSR count). The standard InChI is InChI=1S/C20H26N2O2/c1-2-9-21(18-10-14-5-3-4-6-15(14)11-18)20(24)16-12-19(23)22(13-16)17-7-8-17/h3-6,16-18H,2,7-13H2,1H3/t16-/m0/s1. The van der Waals surface area contributed by atoms with E-state index in [4.69, 9.17) is 0 Å². The number of benzene rings is 1. The number of rotatable bonds is 5. The molecule has 4 heteroatoms. The molecule has 0 aromatic heterocycles. The Morgan fingerprint density at radius 2 is 1.83 bits per heavy atom. The van der Waals surface area contributed by atoms with Crippen LogP contribution in [0.15, 0.2) is 24.3 Å². The summed E-state index contributed by atoms with van der Waals surface area (Å²) in [6.45, 7) is 3.56. The largest absolute Gasteiger partial charge is 0.339 e. The number of likely N-dealkylation sites (tertiary alicyclic amines) is 1. The summed E-state index contributed by atoms with van der Waals surface area (Å²) >= 11 is 0. The smallest absolute Gasteiger partial charge is 0.228 e. The van der Waals surface area contributed by atoms with E-state index >= 15 is 0 Å². The van der Waals surface area contributed by atoms with Gasteiger partial charge in [0.1, 0.15) is 0 Å². The molecule has 0 bridgehead atoms. The third kappa shape index (κ3) is 2.83. The molecule has 0 unspecified atom stereocenters. The second-order valence-electron chi connectivity index (χ2n) is 7.54. The van der Waals surface area contributed by atoms with E-state index < -0.39 is 0 Å². The summed E-state index contributed by atoms with van der Waals surface area (Å²) in [5.74, 6) is 0.251. The predicted octanol–water partition coefficient (Wildman–Crippen LogP) is 2.40. The number of fused-ring (bicyclic) bond motifs is 1. The summed E-state index contributed by atoms with van der Waals surface area (Å²) in [4.78, 5) is 29.4. The zero-order chi connectivity index (χ0) is 16.7. The molecule has 24 heavy (non-hydrogen) atoms. The SMILES string of the molecule is CCCN(C(=O)[C@H]1CC(=O)N(C2CC2)C1)C1Cc2ccccc2C1. The van der Waals surface area contributed by atoms with Crippen molar-refractivity contribution in [3.63, 3.8) is 0 Å². The Labute approximate surface area is 143 Å². The van der Waals surface area contributed by atoms with E-state index in [-0.39, 0.29) is 23.8 Å². The second-order valence-corrected chi connectivity index (χ2v) is 7.54. The number of amides is 2. The Morgan fingerprint density at radius 1 is 1.17 bits per heavy atom. The van der Waals surface area contributed by atoms with Crippen LogP contribution in [0.4, 0.5) is 0 Å². The normalized spacial score (nSPS) is 23.6. The van der Waals surface area contributed by atoms with Crippen LogP contribution < -0.4 is 0 Å². The minimum atomic E-state index is -0.131. The van der Waals surface area contributed by atoms with Gasteiger partial charge in [-0.15, -0.1) is 0 Å². The first kappa shape index (κ1) is 15.7. The van der Waals surface area contributed by atoms with Crippen LogP contribution in [0.3, 0.4) is 0 Å². The topological polar surface area (TPSA) is 40.6 Å². The van der Waals surface area contributed by atoms with Gasteiger partial charge in [0.2, 0.25) is 11.8 Å². The fraction of sp³-hybridized carbons (Fsp3) is 0.600. The van der Waals surface area contributed by atoms with Gasteiger partial charge in [-0.2, -0.15) is 0 Å². The molecule has 128 valence electrons. The number of carbonyl (C=O) groups is 2. The summed E-state index contributed by atoms with van der Waals surface area (Å²) in [5, 5.41) is 0. The molecule has 0 N–H and O–H groups in total. The molecule has 1 aromatic rings. The van der Waals surface area contributed by atoms with E-state index in [1.807, 2.05) is 4.90 Å². The fourth-order valence-electron chi connectivity index (χ4n) is 4.34. The van der Waals surface area contributed by atoms with Gasteiger partial charge in [-0.1, -0.05) is 31.2 Å². The molecule has 2 fully saturated rings. The Bertz CT molecular complexity index is 628. The van der Waals surface area contributed by atoms with Crippen molar-refractivity contribution in [2.24, 2.45) is 5.92 Å². The van der Waals surface area contributed by atoms with Crippen molar-refractivity contribution in [2.75, 3.05) is 13.1 Å². The fourth-order valence-corrected chi connectivity index (χ4v) is 4.34. The molecular weight excluding hydrogens is 300 g/mol. The maximum atomic E-state index is 13.2. The Morgan fingerprint density at radius 3 is 2.42 bits per heavy atom. The number of hydrogen-bond donors (Lipinski definition) is 0. The van der Waals surface area contributed by atoms with Gasteiger partial charge in [-0.3, -0.25) is 9.59 Å². The van der Waals surface area contributed by atoms with Crippen molar-refractivity contribution < 1.29 is 9.59 Å². The minimum Gasteiger partial charge on any atom is -0.339 e. The molecule has 1 aromatic carbocycles. The van der Waals surface area contributed by atoms with Gasteiger partial charge in [0, 0.05) is 31.6 Å². The highest BCUT2D eigenvalue weighted by Crippen LogP contribution is 2.34. The van der Waals surface area contributed by atoms with Crippen LogP contribution in [-0.4, -0.2) is 46.8 Å². The van der Waals surface area contributed by atoms with Crippen molar-refractivity contribution in [2.45, 2.75) is 57.5 Å². The summed E-state index contributed by atoms with van der Waals surface area (Å²) < 4.78 is 0. The van der Waals surface area contributed by atoms with Crippen LogP contribution >= 0.6 is 0 Å². The first-order valence-corrected chi connectivity index (χ1v) is 9.34. The first-order valence-electron chi connectivity index (χ1n) is 9.34. The third-order valence-electron chi connectivity index (χ3n) is 5.71. The van der Waals surface area contributed by atoms with Crippen molar-refractivity contribution in [1.29, 1.82) is 0 Å². The maximum absolute atomic E-state index is 13.2. The predicted molar refractivity (Wildman–Crippen MR) is 92.5 cm³/mol.